The molecule has 0 aliphatic carbocycles. The number of methoxy groups -OCH3 is 1. The molecule has 0 bridgehead atoms. The first kappa shape index (κ1) is 11.8. The molecule has 92 valence electrons. The first-order chi connectivity index (χ1) is 8.20. The summed E-state index contributed by atoms with van der Waals surface area (Å²) in [5.74, 6) is -0.137. The van der Waals surface area contributed by atoms with E-state index < -0.39 is 0 Å². The van der Waals surface area contributed by atoms with Crippen LogP contribution in [0.3, 0.4) is 0 Å². The molecular weight excluding hydrogens is 216 g/mol. The standard InChI is InChI=1S/C13H18N2O2/c1-17-13(16)3-2-7-15-8-6-10-9-11(14)4-5-12(10)15/h4-5,9H,2-3,6-8,14H2,1H3. The maximum Gasteiger partial charge on any atom is 0.305 e. The number of fused-ring (bicyclic) bond motifs is 1. The molecule has 0 radical (unpaired) electrons. The fourth-order valence-corrected chi connectivity index (χ4v) is 2.24. The quantitative estimate of drug-likeness (QED) is 0.635. The van der Waals surface area contributed by atoms with E-state index in [1.807, 2.05) is 12.1 Å². The first-order valence-corrected chi connectivity index (χ1v) is 5.91. The Morgan fingerprint density at radius 1 is 1.53 bits per heavy atom. The smallest absolute Gasteiger partial charge is 0.305 e. The van der Waals surface area contributed by atoms with Crippen LogP contribution in [0.15, 0.2) is 18.2 Å². The molecule has 0 atom stereocenters. The van der Waals surface area contributed by atoms with Crippen molar-refractivity contribution in [3.63, 3.8) is 0 Å². The largest absolute Gasteiger partial charge is 0.469 e. The molecule has 0 saturated heterocycles. The molecule has 1 aliphatic heterocycles. The highest BCUT2D eigenvalue weighted by Crippen LogP contribution is 2.29. The fraction of sp³-hybridized carbons (Fsp3) is 0.462. The molecule has 0 spiro atoms. The SMILES string of the molecule is COC(=O)CCCN1CCc2cc(N)ccc21. The van der Waals surface area contributed by atoms with Gasteiger partial charge in [0.2, 0.25) is 0 Å². The number of benzene rings is 1. The van der Waals surface area contributed by atoms with Gasteiger partial charge >= 0.3 is 5.97 Å². The van der Waals surface area contributed by atoms with Crippen molar-refractivity contribution in [3.05, 3.63) is 23.8 Å². The van der Waals surface area contributed by atoms with Gasteiger partial charge in [-0.25, -0.2) is 0 Å². The van der Waals surface area contributed by atoms with Crippen LogP contribution in [-0.4, -0.2) is 26.2 Å². The van der Waals surface area contributed by atoms with Crippen LogP contribution in [0.25, 0.3) is 0 Å². The third-order valence-electron chi connectivity index (χ3n) is 3.13. The van der Waals surface area contributed by atoms with Gasteiger partial charge in [0.25, 0.3) is 0 Å². The van der Waals surface area contributed by atoms with Crippen LogP contribution in [0.4, 0.5) is 11.4 Å². The maximum absolute atomic E-state index is 11.0. The van der Waals surface area contributed by atoms with Gasteiger partial charge in [0.15, 0.2) is 0 Å². The molecule has 0 unspecified atom stereocenters. The average Bonchev–Trinajstić information content (AvgIpc) is 2.71. The number of rotatable bonds is 4. The van der Waals surface area contributed by atoms with Gasteiger partial charge in [-0.2, -0.15) is 0 Å². The van der Waals surface area contributed by atoms with Gasteiger partial charge in [-0.3, -0.25) is 4.79 Å². The summed E-state index contributed by atoms with van der Waals surface area (Å²) in [6.45, 7) is 1.91. The van der Waals surface area contributed by atoms with Gasteiger partial charge in [-0.15, -0.1) is 0 Å². The number of ether oxygens (including phenoxy) is 1. The summed E-state index contributed by atoms with van der Waals surface area (Å²) in [5.41, 5.74) is 9.14. The minimum Gasteiger partial charge on any atom is -0.469 e. The molecule has 4 heteroatoms. The highest BCUT2D eigenvalue weighted by atomic mass is 16.5. The number of nitrogens with zero attached hydrogens (tertiary/aromatic N) is 1. The van der Waals surface area contributed by atoms with Gasteiger partial charge in [-0.05, 0) is 36.6 Å². The average molecular weight is 234 g/mol. The van der Waals surface area contributed by atoms with Crippen molar-refractivity contribution >= 4 is 17.3 Å². The first-order valence-electron chi connectivity index (χ1n) is 5.91. The van der Waals surface area contributed by atoms with E-state index in [0.717, 1.165) is 31.6 Å². The van der Waals surface area contributed by atoms with Crippen molar-refractivity contribution < 1.29 is 9.53 Å². The summed E-state index contributed by atoms with van der Waals surface area (Å²) in [5, 5.41) is 0. The second kappa shape index (κ2) is 5.08. The summed E-state index contributed by atoms with van der Waals surface area (Å²) in [4.78, 5) is 13.3. The van der Waals surface area contributed by atoms with Gasteiger partial charge < -0.3 is 15.4 Å². The summed E-state index contributed by atoms with van der Waals surface area (Å²) in [6.07, 6.45) is 2.35. The van der Waals surface area contributed by atoms with E-state index in [1.54, 1.807) is 0 Å². The molecule has 1 aliphatic rings. The highest BCUT2D eigenvalue weighted by molar-refractivity contribution is 5.69. The number of anilines is 2. The lowest BCUT2D eigenvalue weighted by Crippen LogP contribution is -2.22. The molecule has 1 aromatic carbocycles. The van der Waals surface area contributed by atoms with Crippen molar-refractivity contribution in [1.82, 2.24) is 0 Å². The molecule has 0 aromatic heterocycles. The van der Waals surface area contributed by atoms with Crippen LogP contribution in [0.1, 0.15) is 18.4 Å². The summed E-state index contributed by atoms with van der Waals surface area (Å²) in [7, 11) is 1.43. The Morgan fingerprint density at radius 3 is 3.12 bits per heavy atom. The molecule has 1 heterocycles. The van der Waals surface area contributed by atoms with E-state index in [-0.39, 0.29) is 5.97 Å². The van der Waals surface area contributed by atoms with Crippen LogP contribution in [0, 0.1) is 0 Å². The lowest BCUT2D eigenvalue weighted by Gasteiger charge is -2.18. The van der Waals surface area contributed by atoms with Crippen molar-refractivity contribution in [2.45, 2.75) is 19.3 Å². The minimum atomic E-state index is -0.137. The molecular formula is C13H18N2O2. The summed E-state index contributed by atoms with van der Waals surface area (Å²) >= 11 is 0. The number of nitrogens with two attached hydrogens (primary N) is 1. The van der Waals surface area contributed by atoms with E-state index >= 15 is 0 Å². The Labute approximate surface area is 101 Å². The number of hydrogen-bond acceptors (Lipinski definition) is 4. The molecule has 0 amide bonds. The van der Waals surface area contributed by atoms with Gasteiger partial charge in [0.05, 0.1) is 7.11 Å². The van der Waals surface area contributed by atoms with E-state index in [1.165, 1.54) is 18.4 Å². The van der Waals surface area contributed by atoms with Crippen LogP contribution < -0.4 is 10.6 Å². The van der Waals surface area contributed by atoms with Crippen molar-refractivity contribution in [2.75, 3.05) is 30.8 Å². The maximum atomic E-state index is 11.0. The zero-order valence-corrected chi connectivity index (χ0v) is 10.1. The number of carbonyl (C=O) groups is 1. The Bertz CT molecular complexity index is 418. The van der Waals surface area contributed by atoms with Crippen LogP contribution >= 0.6 is 0 Å². The Hall–Kier alpha value is -1.71. The van der Waals surface area contributed by atoms with Gasteiger partial charge in [-0.1, -0.05) is 0 Å². The second-order valence-electron chi connectivity index (χ2n) is 4.30. The summed E-state index contributed by atoms with van der Waals surface area (Å²) in [6, 6.07) is 6.03. The molecule has 2 N–H and O–H groups in total. The Balaban J connectivity index is 1.91. The Morgan fingerprint density at radius 2 is 2.35 bits per heavy atom. The van der Waals surface area contributed by atoms with Crippen LogP contribution in [-0.2, 0) is 16.0 Å². The molecule has 4 nitrogen and oxygen atoms in total. The lowest BCUT2D eigenvalue weighted by atomic mass is 10.1. The van der Waals surface area contributed by atoms with Crippen molar-refractivity contribution in [3.8, 4) is 0 Å². The number of carbonyl (C=O) groups excluding carboxylic acids is 1. The van der Waals surface area contributed by atoms with Crippen LogP contribution in [0.5, 0.6) is 0 Å². The molecule has 0 saturated carbocycles. The third-order valence-corrected chi connectivity index (χ3v) is 3.13. The number of esters is 1. The normalized spacial score (nSPS) is 13.6. The zero-order chi connectivity index (χ0) is 12.3. The predicted molar refractivity (Wildman–Crippen MR) is 68.0 cm³/mol. The molecule has 0 fully saturated rings. The summed E-state index contributed by atoms with van der Waals surface area (Å²) < 4.78 is 4.63. The molecule has 2 rings (SSSR count). The zero-order valence-electron chi connectivity index (χ0n) is 10.1. The predicted octanol–water partition coefficient (Wildman–Crippen LogP) is 1.58. The number of hydrogen-bond donors (Lipinski definition) is 1. The van der Waals surface area contributed by atoms with Crippen molar-refractivity contribution in [2.24, 2.45) is 0 Å². The fourth-order valence-electron chi connectivity index (χ4n) is 2.24. The topological polar surface area (TPSA) is 55.6 Å². The Kier molecular flexibility index (Phi) is 3.52. The third kappa shape index (κ3) is 2.70. The van der Waals surface area contributed by atoms with E-state index in [9.17, 15) is 4.79 Å². The molecule has 1 aromatic rings. The highest BCUT2D eigenvalue weighted by Gasteiger charge is 2.18. The van der Waals surface area contributed by atoms with Crippen LogP contribution in [0.2, 0.25) is 0 Å². The van der Waals surface area contributed by atoms with E-state index in [0.29, 0.717) is 6.42 Å². The van der Waals surface area contributed by atoms with E-state index in [2.05, 4.69) is 15.7 Å². The van der Waals surface area contributed by atoms with Gasteiger partial charge in [0, 0.05) is 30.9 Å². The van der Waals surface area contributed by atoms with Crippen molar-refractivity contribution in [1.29, 1.82) is 0 Å². The molecule has 17 heavy (non-hydrogen) atoms. The van der Waals surface area contributed by atoms with Gasteiger partial charge in [0.1, 0.15) is 0 Å². The lowest BCUT2D eigenvalue weighted by molar-refractivity contribution is -0.140. The number of nitrogen functional groups attached to an aromatic ring is 1. The second-order valence-corrected chi connectivity index (χ2v) is 4.30. The monoisotopic (exact) mass is 234 g/mol. The minimum absolute atomic E-state index is 0.137. The van der Waals surface area contributed by atoms with E-state index in [4.69, 9.17) is 5.73 Å².